The monoisotopic (exact) mass is 461 g/mol. The summed E-state index contributed by atoms with van der Waals surface area (Å²) in [6, 6.07) is 13.0. The second-order valence-electron chi connectivity index (χ2n) is 6.70. The molecule has 0 bridgehead atoms. The Morgan fingerprint density at radius 2 is 1.76 bits per heavy atom. The van der Waals surface area contributed by atoms with Gasteiger partial charge in [0.2, 0.25) is 0 Å². The highest BCUT2D eigenvalue weighted by Gasteiger charge is 2.20. The zero-order valence-corrected chi connectivity index (χ0v) is 18.1. The fourth-order valence-corrected chi connectivity index (χ4v) is 3.05. The molecule has 0 aliphatic carbocycles. The molecule has 0 fully saturated rings. The largest absolute Gasteiger partial charge is 0.469 e. The van der Waals surface area contributed by atoms with Crippen molar-refractivity contribution < 1.29 is 19.1 Å². The van der Waals surface area contributed by atoms with Crippen molar-refractivity contribution in [1.29, 1.82) is 0 Å². The van der Waals surface area contributed by atoms with Gasteiger partial charge in [-0.1, -0.05) is 34.1 Å². The topological polar surface area (TPSA) is 96.5 Å². The van der Waals surface area contributed by atoms with Gasteiger partial charge in [-0.15, -0.1) is 0 Å². The summed E-state index contributed by atoms with van der Waals surface area (Å²) in [5.74, 6) is -0.803. The molecule has 3 N–H and O–H groups in total. The number of amides is 3. The molecule has 2 aromatic carbocycles. The molecule has 7 nitrogen and oxygen atoms in total. The smallest absolute Gasteiger partial charge is 0.319 e. The van der Waals surface area contributed by atoms with Gasteiger partial charge in [-0.25, -0.2) is 4.79 Å². The van der Waals surface area contributed by atoms with E-state index in [1.165, 1.54) is 7.11 Å². The van der Waals surface area contributed by atoms with Gasteiger partial charge in [0.15, 0.2) is 0 Å². The molecule has 154 valence electrons. The summed E-state index contributed by atoms with van der Waals surface area (Å²) < 4.78 is 5.59. The third-order valence-corrected chi connectivity index (χ3v) is 4.45. The van der Waals surface area contributed by atoms with Crippen LogP contribution in [0.5, 0.6) is 0 Å². The van der Waals surface area contributed by atoms with E-state index >= 15 is 0 Å². The Balaban J connectivity index is 2.17. The minimum Gasteiger partial charge on any atom is -0.469 e. The van der Waals surface area contributed by atoms with Crippen molar-refractivity contribution in [2.45, 2.75) is 32.4 Å². The Hall–Kier alpha value is -2.87. The van der Waals surface area contributed by atoms with E-state index in [1.807, 2.05) is 38.1 Å². The van der Waals surface area contributed by atoms with Crippen LogP contribution in [0.2, 0.25) is 0 Å². The highest BCUT2D eigenvalue weighted by atomic mass is 79.9. The minimum absolute atomic E-state index is 0.00652. The van der Waals surface area contributed by atoms with Crippen molar-refractivity contribution in [2.75, 3.05) is 12.4 Å². The molecule has 0 radical (unpaired) electrons. The predicted octanol–water partition coefficient (Wildman–Crippen LogP) is 4.01. The number of halogens is 1. The summed E-state index contributed by atoms with van der Waals surface area (Å²) in [6.45, 7) is 3.71. The molecule has 8 heteroatoms. The number of anilines is 1. The van der Waals surface area contributed by atoms with Crippen LogP contribution in [0.1, 0.15) is 42.2 Å². The van der Waals surface area contributed by atoms with Crippen molar-refractivity contribution in [1.82, 2.24) is 10.6 Å². The summed E-state index contributed by atoms with van der Waals surface area (Å²) in [5.41, 5.74) is 1.61. The predicted molar refractivity (Wildman–Crippen MR) is 115 cm³/mol. The number of carbonyl (C=O) groups is 3. The number of rotatable bonds is 7. The van der Waals surface area contributed by atoms with Crippen LogP contribution in [0.3, 0.4) is 0 Å². The molecule has 29 heavy (non-hydrogen) atoms. The van der Waals surface area contributed by atoms with Gasteiger partial charge in [-0.05, 0) is 49.7 Å². The first-order valence-electron chi connectivity index (χ1n) is 9.09. The minimum atomic E-state index is -0.562. The number of urea groups is 1. The zero-order chi connectivity index (χ0) is 21.4. The lowest BCUT2D eigenvalue weighted by molar-refractivity contribution is -0.141. The van der Waals surface area contributed by atoms with Gasteiger partial charge in [0.25, 0.3) is 5.91 Å². The molecular formula is C21H24BrN3O4. The molecule has 2 rings (SSSR count). The van der Waals surface area contributed by atoms with Crippen LogP contribution in [0, 0.1) is 0 Å². The molecule has 0 saturated carbocycles. The van der Waals surface area contributed by atoms with E-state index in [0.29, 0.717) is 11.3 Å². The van der Waals surface area contributed by atoms with Crippen molar-refractivity contribution in [2.24, 2.45) is 0 Å². The number of carbonyl (C=O) groups excluding carboxylic acids is 3. The number of ether oxygens (including phenoxy) is 1. The molecule has 0 saturated heterocycles. The third kappa shape index (κ3) is 7.23. The first-order chi connectivity index (χ1) is 13.8. The average Bonchev–Trinajstić information content (AvgIpc) is 2.66. The second-order valence-corrected chi connectivity index (χ2v) is 7.61. The van der Waals surface area contributed by atoms with E-state index in [9.17, 15) is 14.4 Å². The van der Waals surface area contributed by atoms with Crippen LogP contribution in [0.15, 0.2) is 53.0 Å². The Morgan fingerprint density at radius 3 is 2.41 bits per heavy atom. The van der Waals surface area contributed by atoms with Crippen molar-refractivity contribution in [3.05, 3.63) is 64.1 Å². The molecule has 0 spiro atoms. The van der Waals surface area contributed by atoms with Crippen LogP contribution in [-0.4, -0.2) is 31.1 Å². The van der Waals surface area contributed by atoms with Gasteiger partial charge in [0.1, 0.15) is 0 Å². The normalized spacial score (nSPS) is 11.5. The van der Waals surface area contributed by atoms with Crippen molar-refractivity contribution >= 4 is 39.5 Å². The quantitative estimate of drug-likeness (QED) is 0.542. The lowest BCUT2D eigenvalue weighted by Gasteiger charge is -2.19. The van der Waals surface area contributed by atoms with Gasteiger partial charge in [-0.2, -0.15) is 0 Å². The lowest BCUT2D eigenvalue weighted by atomic mass is 10.0. The lowest BCUT2D eigenvalue weighted by Crippen LogP contribution is -2.34. The van der Waals surface area contributed by atoms with Crippen LogP contribution >= 0.6 is 15.9 Å². The van der Waals surface area contributed by atoms with E-state index in [1.54, 1.807) is 24.3 Å². The van der Waals surface area contributed by atoms with Gasteiger partial charge >= 0.3 is 12.0 Å². The SMILES string of the molecule is COC(=O)CC(NC(=O)c1cccc(NC(=O)NC(C)C)c1)c1cccc(Br)c1. The number of methoxy groups -OCH3 is 1. The summed E-state index contributed by atoms with van der Waals surface area (Å²) in [6.07, 6.45) is -0.00652. The summed E-state index contributed by atoms with van der Waals surface area (Å²) in [7, 11) is 1.31. The van der Waals surface area contributed by atoms with Crippen LogP contribution in [0.4, 0.5) is 10.5 Å². The molecule has 0 aliphatic rings. The fourth-order valence-electron chi connectivity index (χ4n) is 2.63. The zero-order valence-electron chi connectivity index (χ0n) is 16.5. The molecule has 1 atom stereocenters. The van der Waals surface area contributed by atoms with Crippen LogP contribution in [0.25, 0.3) is 0 Å². The Kier molecular flexibility index (Phi) is 8.21. The number of hydrogen-bond acceptors (Lipinski definition) is 4. The maximum atomic E-state index is 12.8. The van der Waals surface area contributed by atoms with Crippen molar-refractivity contribution in [3.63, 3.8) is 0 Å². The number of esters is 1. The molecular weight excluding hydrogens is 438 g/mol. The third-order valence-electron chi connectivity index (χ3n) is 3.96. The molecule has 1 unspecified atom stereocenters. The standard InChI is InChI=1S/C21H24BrN3O4/c1-13(2)23-21(28)24-17-9-5-7-15(11-17)20(27)25-18(12-19(26)29-3)14-6-4-8-16(22)10-14/h4-11,13,18H,12H2,1-3H3,(H,25,27)(H2,23,24,28). The molecule has 2 aromatic rings. The number of benzene rings is 2. The second kappa shape index (κ2) is 10.6. The first kappa shape index (κ1) is 22.4. The van der Waals surface area contributed by atoms with Crippen molar-refractivity contribution in [3.8, 4) is 0 Å². The molecule has 3 amide bonds. The number of nitrogens with one attached hydrogen (secondary N) is 3. The maximum absolute atomic E-state index is 12.8. The van der Waals surface area contributed by atoms with Crippen LogP contribution < -0.4 is 16.0 Å². The van der Waals surface area contributed by atoms with Crippen LogP contribution in [-0.2, 0) is 9.53 Å². The van der Waals surface area contributed by atoms with E-state index < -0.39 is 12.0 Å². The molecule has 0 aliphatic heterocycles. The van der Waals surface area contributed by atoms with E-state index in [4.69, 9.17) is 4.74 Å². The molecule has 0 heterocycles. The highest BCUT2D eigenvalue weighted by molar-refractivity contribution is 9.10. The Bertz CT molecular complexity index is 886. The summed E-state index contributed by atoms with van der Waals surface area (Å²) in [4.78, 5) is 36.5. The average molecular weight is 462 g/mol. The molecule has 0 aromatic heterocycles. The maximum Gasteiger partial charge on any atom is 0.319 e. The first-order valence-corrected chi connectivity index (χ1v) is 9.88. The van der Waals surface area contributed by atoms with Gasteiger partial charge in [0.05, 0.1) is 19.6 Å². The van der Waals surface area contributed by atoms with Gasteiger partial charge in [0, 0.05) is 21.8 Å². The summed E-state index contributed by atoms with van der Waals surface area (Å²) >= 11 is 3.40. The number of hydrogen-bond donors (Lipinski definition) is 3. The van der Waals surface area contributed by atoms with Gasteiger partial charge < -0.3 is 20.7 Å². The van der Waals surface area contributed by atoms with E-state index in [-0.39, 0.29) is 24.4 Å². The fraction of sp³-hybridized carbons (Fsp3) is 0.286. The van der Waals surface area contributed by atoms with Gasteiger partial charge in [-0.3, -0.25) is 9.59 Å². The Morgan fingerprint density at radius 1 is 1.03 bits per heavy atom. The summed E-state index contributed by atoms with van der Waals surface area (Å²) in [5, 5.41) is 8.28. The highest BCUT2D eigenvalue weighted by Crippen LogP contribution is 2.22. The van der Waals surface area contributed by atoms with E-state index in [2.05, 4.69) is 31.9 Å². The Labute approximate surface area is 178 Å². The van der Waals surface area contributed by atoms with E-state index in [0.717, 1.165) is 10.0 Å².